The van der Waals surface area contributed by atoms with Crippen molar-refractivity contribution in [3.05, 3.63) is 71.8 Å². The van der Waals surface area contributed by atoms with Crippen LogP contribution in [0.4, 0.5) is 4.79 Å². The van der Waals surface area contributed by atoms with Gasteiger partial charge < -0.3 is 14.4 Å². The van der Waals surface area contributed by atoms with Crippen LogP contribution in [0.5, 0.6) is 0 Å². The molecule has 2 aromatic carbocycles. The van der Waals surface area contributed by atoms with Crippen LogP contribution in [0.3, 0.4) is 0 Å². The van der Waals surface area contributed by atoms with Crippen LogP contribution in [-0.2, 0) is 20.8 Å². The molecule has 0 saturated carbocycles. The van der Waals surface area contributed by atoms with Gasteiger partial charge in [-0.1, -0.05) is 60.7 Å². The highest BCUT2D eigenvalue weighted by Crippen LogP contribution is 2.33. The third-order valence-electron chi connectivity index (χ3n) is 6.06. The lowest BCUT2D eigenvalue weighted by molar-refractivity contribution is -0.161. The summed E-state index contributed by atoms with van der Waals surface area (Å²) in [5.41, 5.74) is 1.07. The number of hydrogen-bond acceptors (Lipinski definition) is 5. The van der Waals surface area contributed by atoms with E-state index in [9.17, 15) is 9.59 Å². The van der Waals surface area contributed by atoms with Gasteiger partial charge in [-0.25, -0.2) is 4.79 Å². The van der Waals surface area contributed by atoms with Crippen molar-refractivity contribution in [3.8, 4) is 0 Å². The van der Waals surface area contributed by atoms with Gasteiger partial charge in [0.15, 0.2) is 0 Å². The fourth-order valence-electron chi connectivity index (χ4n) is 4.47. The Bertz CT molecular complexity index is 979. The number of benzene rings is 2. The van der Waals surface area contributed by atoms with E-state index in [2.05, 4.69) is 36.1 Å². The Morgan fingerprint density at radius 3 is 1.97 bits per heavy atom. The molecule has 1 amide bonds. The van der Waals surface area contributed by atoms with Crippen LogP contribution < -0.4 is 0 Å². The number of nitrogens with zero attached hydrogens (tertiary/aromatic N) is 2. The molecule has 0 radical (unpaired) electrons. The summed E-state index contributed by atoms with van der Waals surface area (Å²) < 4.78 is 11.5. The number of hydrogen-bond donors (Lipinski definition) is 0. The fourth-order valence-corrected chi connectivity index (χ4v) is 4.47. The van der Waals surface area contributed by atoms with Gasteiger partial charge in [0.25, 0.3) is 0 Å². The Morgan fingerprint density at radius 2 is 1.43 bits per heavy atom. The molecule has 0 aliphatic carbocycles. The van der Waals surface area contributed by atoms with E-state index in [1.807, 2.05) is 77.9 Å². The van der Waals surface area contributed by atoms with Gasteiger partial charge in [-0.05, 0) is 59.6 Å². The first-order valence-corrected chi connectivity index (χ1v) is 12.4. The summed E-state index contributed by atoms with van der Waals surface area (Å²) in [4.78, 5) is 30.4. The van der Waals surface area contributed by atoms with Crippen molar-refractivity contribution < 1.29 is 19.1 Å². The van der Waals surface area contributed by atoms with Crippen LogP contribution in [0.25, 0.3) is 0 Å². The van der Waals surface area contributed by atoms with Crippen molar-refractivity contribution in [1.29, 1.82) is 0 Å². The lowest BCUT2D eigenvalue weighted by atomic mass is 9.96. The second-order valence-electron chi connectivity index (χ2n) is 11.3. The molecular formula is C29H40N2O4. The van der Waals surface area contributed by atoms with Gasteiger partial charge in [-0.3, -0.25) is 9.69 Å². The maximum Gasteiger partial charge on any atom is 0.410 e. The van der Waals surface area contributed by atoms with Gasteiger partial charge in [0.1, 0.15) is 11.2 Å². The molecular weight excluding hydrogens is 440 g/mol. The summed E-state index contributed by atoms with van der Waals surface area (Å²) in [6.45, 7) is 14.6. The molecule has 1 fully saturated rings. The van der Waals surface area contributed by atoms with Crippen LogP contribution in [0.15, 0.2) is 60.7 Å². The summed E-state index contributed by atoms with van der Waals surface area (Å²) in [5.74, 6) is -0.775. The predicted molar refractivity (Wildman–Crippen MR) is 138 cm³/mol. The molecule has 0 unspecified atom stereocenters. The first kappa shape index (κ1) is 26.7. The third-order valence-corrected chi connectivity index (χ3v) is 6.06. The van der Waals surface area contributed by atoms with E-state index < -0.39 is 23.2 Å². The molecule has 3 rings (SSSR count). The van der Waals surface area contributed by atoms with E-state index >= 15 is 0 Å². The second-order valence-corrected chi connectivity index (χ2v) is 11.3. The zero-order valence-corrected chi connectivity index (χ0v) is 22.2. The SMILES string of the molecule is C[C@@H](c1ccccc1)N(Cc1ccccc1)[C@H]1CN(C(=O)OC(C)(C)C)C[C@H]1C(=O)OC(C)(C)C. The Kier molecular flexibility index (Phi) is 8.26. The fraction of sp³-hybridized carbons (Fsp3) is 0.517. The molecule has 1 heterocycles. The highest BCUT2D eigenvalue weighted by molar-refractivity contribution is 5.77. The van der Waals surface area contributed by atoms with Crippen molar-refractivity contribution in [2.75, 3.05) is 13.1 Å². The average molecular weight is 481 g/mol. The van der Waals surface area contributed by atoms with Gasteiger partial charge >= 0.3 is 12.1 Å². The van der Waals surface area contributed by atoms with Crippen LogP contribution >= 0.6 is 0 Å². The number of rotatable bonds is 6. The first-order valence-electron chi connectivity index (χ1n) is 12.4. The summed E-state index contributed by atoms with van der Waals surface area (Å²) in [6.07, 6.45) is -0.402. The highest BCUT2D eigenvalue weighted by atomic mass is 16.6. The third kappa shape index (κ3) is 7.56. The zero-order valence-electron chi connectivity index (χ0n) is 22.2. The summed E-state index contributed by atoms with van der Waals surface area (Å²) in [7, 11) is 0. The van der Waals surface area contributed by atoms with Crippen molar-refractivity contribution in [3.63, 3.8) is 0 Å². The molecule has 0 aromatic heterocycles. The molecule has 0 N–H and O–H groups in total. The maximum atomic E-state index is 13.4. The quantitative estimate of drug-likeness (QED) is 0.487. The van der Waals surface area contributed by atoms with Crippen LogP contribution in [0.1, 0.15) is 65.6 Å². The minimum atomic E-state index is -0.615. The van der Waals surface area contributed by atoms with Crippen molar-refractivity contribution in [2.45, 2.75) is 78.3 Å². The largest absolute Gasteiger partial charge is 0.460 e. The maximum absolute atomic E-state index is 13.4. The summed E-state index contributed by atoms with van der Waals surface area (Å²) in [6, 6.07) is 20.3. The molecule has 190 valence electrons. The number of carbonyl (C=O) groups excluding carboxylic acids is 2. The van der Waals surface area contributed by atoms with E-state index in [4.69, 9.17) is 9.47 Å². The van der Waals surface area contributed by atoms with Crippen LogP contribution in [-0.4, -0.2) is 52.2 Å². The minimum absolute atomic E-state index is 0.0185. The zero-order chi connectivity index (χ0) is 25.8. The van der Waals surface area contributed by atoms with Crippen LogP contribution in [0.2, 0.25) is 0 Å². The van der Waals surface area contributed by atoms with Gasteiger partial charge in [0.2, 0.25) is 0 Å². The smallest absolute Gasteiger partial charge is 0.410 e. The Balaban J connectivity index is 1.98. The molecule has 1 aliphatic rings. The van der Waals surface area contributed by atoms with Gasteiger partial charge in [-0.2, -0.15) is 0 Å². The van der Waals surface area contributed by atoms with Crippen molar-refractivity contribution in [2.24, 2.45) is 5.92 Å². The lowest BCUT2D eigenvalue weighted by Gasteiger charge is -2.37. The van der Waals surface area contributed by atoms with E-state index in [0.717, 1.165) is 11.1 Å². The average Bonchev–Trinajstić information content (AvgIpc) is 3.22. The molecule has 2 aromatic rings. The molecule has 3 atom stereocenters. The standard InChI is InChI=1S/C29H40N2O4/c1-21(23-16-12-9-13-17-23)31(18-22-14-10-8-11-15-22)25-20-30(27(33)35-29(5,6)7)19-24(25)26(32)34-28(2,3)4/h8-17,21,24-25H,18-20H2,1-7H3/t21-,24+,25-/m0/s1. The summed E-state index contributed by atoms with van der Waals surface area (Å²) >= 11 is 0. The van der Waals surface area contributed by atoms with E-state index in [1.165, 1.54) is 0 Å². The van der Waals surface area contributed by atoms with Crippen LogP contribution in [0, 0.1) is 5.92 Å². The topological polar surface area (TPSA) is 59.1 Å². The number of amides is 1. The minimum Gasteiger partial charge on any atom is -0.460 e. The molecule has 6 nitrogen and oxygen atoms in total. The normalized spacial score (nSPS) is 19.5. The number of ether oxygens (including phenoxy) is 2. The number of esters is 1. The van der Waals surface area contributed by atoms with Gasteiger partial charge in [-0.15, -0.1) is 0 Å². The lowest BCUT2D eigenvalue weighted by Crippen LogP contribution is -2.46. The molecule has 1 aliphatic heterocycles. The summed E-state index contributed by atoms with van der Waals surface area (Å²) in [5, 5.41) is 0. The Morgan fingerprint density at radius 1 is 0.886 bits per heavy atom. The molecule has 6 heteroatoms. The molecule has 1 saturated heterocycles. The first-order chi connectivity index (χ1) is 16.3. The number of carbonyl (C=O) groups is 2. The van der Waals surface area contributed by atoms with Crippen molar-refractivity contribution >= 4 is 12.1 Å². The molecule has 35 heavy (non-hydrogen) atoms. The monoisotopic (exact) mass is 480 g/mol. The highest BCUT2D eigenvalue weighted by Gasteiger charge is 2.46. The van der Waals surface area contributed by atoms with E-state index in [1.54, 1.807) is 4.90 Å². The predicted octanol–water partition coefficient (Wildman–Crippen LogP) is 5.83. The molecule has 0 bridgehead atoms. The Labute approximate surface area is 210 Å². The van der Waals surface area contributed by atoms with Gasteiger partial charge in [0.05, 0.1) is 5.92 Å². The second kappa shape index (κ2) is 10.8. The van der Waals surface area contributed by atoms with Crippen molar-refractivity contribution in [1.82, 2.24) is 9.80 Å². The Hall–Kier alpha value is -2.86. The van der Waals surface area contributed by atoms with E-state index in [-0.39, 0.29) is 24.6 Å². The molecule has 0 spiro atoms. The van der Waals surface area contributed by atoms with E-state index in [0.29, 0.717) is 13.1 Å². The number of likely N-dealkylation sites (tertiary alicyclic amines) is 1. The van der Waals surface area contributed by atoms with Gasteiger partial charge in [0, 0.05) is 31.7 Å².